The number of hydrogen-bond acceptors (Lipinski definition) is 2. The van der Waals surface area contributed by atoms with Crippen LogP contribution in [0.2, 0.25) is 0 Å². The summed E-state index contributed by atoms with van der Waals surface area (Å²) in [6.45, 7) is 0. The highest BCUT2D eigenvalue weighted by atomic mass is 32.1. The van der Waals surface area contributed by atoms with Gasteiger partial charge in [-0.05, 0) is 29.8 Å². The number of aromatic nitrogens is 1. The normalized spacial score (nSPS) is 12.4. The number of benzene rings is 2. The first-order chi connectivity index (χ1) is 11.6. The summed E-state index contributed by atoms with van der Waals surface area (Å²) in [6.07, 6.45) is -7.33. The van der Waals surface area contributed by atoms with E-state index in [0.29, 0.717) is 21.0 Å². The van der Waals surface area contributed by atoms with Gasteiger partial charge < -0.3 is 0 Å². The third-order valence-electron chi connectivity index (χ3n) is 3.46. The summed E-state index contributed by atoms with van der Waals surface area (Å²) in [6, 6.07) is 9.21. The van der Waals surface area contributed by atoms with Gasteiger partial charge >= 0.3 is 12.4 Å². The summed E-state index contributed by atoms with van der Waals surface area (Å²) >= 11 is 1.19. The maximum absolute atomic E-state index is 12.6. The molecule has 2 aromatic carbocycles. The lowest BCUT2D eigenvalue weighted by Crippen LogP contribution is -2.03. The van der Waals surface area contributed by atoms with E-state index in [2.05, 4.69) is 4.98 Å². The standard InChI is InChI=1S/C17H9F6NS/c18-16(19,20)12-5-1-10(2-6-12)14-9-24-15(25-14)11-3-7-13(8-4-11)17(21,22)23/h1-9H. The van der Waals surface area contributed by atoms with Gasteiger partial charge in [-0.1, -0.05) is 24.3 Å². The Hall–Kier alpha value is -2.35. The average Bonchev–Trinajstić information content (AvgIpc) is 3.03. The molecule has 130 valence electrons. The van der Waals surface area contributed by atoms with Gasteiger partial charge in [-0.15, -0.1) is 11.3 Å². The minimum Gasteiger partial charge on any atom is -0.244 e. The summed E-state index contributed by atoms with van der Waals surface area (Å²) in [4.78, 5) is 4.77. The van der Waals surface area contributed by atoms with Crippen LogP contribution < -0.4 is 0 Å². The molecule has 0 bridgehead atoms. The molecular formula is C17H9F6NS. The molecule has 0 atom stereocenters. The van der Waals surface area contributed by atoms with E-state index in [-0.39, 0.29) is 0 Å². The molecule has 1 aromatic heterocycles. The molecule has 0 saturated carbocycles. The molecule has 0 aliphatic carbocycles. The molecule has 0 radical (unpaired) electrons. The van der Waals surface area contributed by atoms with E-state index < -0.39 is 23.5 Å². The molecule has 0 unspecified atom stereocenters. The topological polar surface area (TPSA) is 12.9 Å². The van der Waals surface area contributed by atoms with Crippen molar-refractivity contribution < 1.29 is 26.3 Å². The Bertz CT molecular complexity index is 788. The van der Waals surface area contributed by atoms with E-state index in [1.807, 2.05) is 0 Å². The van der Waals surface area contributed by atoms with E-state index >= 15 is 0 Å². The second kappa shape index (κ2) is 6.18. The van der Waals surface area contributed by atoms with Crippen LogP contribution in [-0.2, 0) is 12.4 Å². The van der Waals surface area contributed by atoms with E-state index in [1.165, 1.54) is 41.8 Å². The zero-order valence-corrected chi connectivity index (χ0v) is 13.1. The van der Waals surface area contributed by atoms with Crippen LogP contribution in [0.1, 0.15) is 11.1 Å². The number of alkyl halides is 6. The van der Waals surface area contributed by atoms with Crippen LogP contribution in [0.25, 0.3) is 21.0 Å². The predicted octanol–water partition coefficient (Wildman–Crippen LogP) is 6.51. The average molecular weight is 373 g/mol. The highest BCUT2D eigenvalue weighted by molar-refractivity contribution is 7.18. The van der Waals surface area contributed by atoms with Crippen LogP contribution in [0.5, 0.6) is 0 Å². The second-order valence-corrected chi connectivity index (χ2v) is 6.21. The van der Waals surface area contributed by atoms with Crippen molar-refractivity contribution >= 4 is 11.3 Å². The Morgan fingerprint density at radius 3 is 1.52 bits per heavy atom. The molecule has 0 N–H and O–H groups in total. The minimum atomic E-state index is -4.41. The molecule has 25 heavy (non-hydrogen) atoms. The zero-order chi connectivity index (χ0) is 18.2. The first-order valence-corrected chi connectivity index (χ1v) is 7.77. The van der Waals surface area contributed by atoms with Gasteiger partial charge in [0.05, 0.1) is 16.0 Å². The van der Waals surface area contributed by atoms with Gasteiger partial charge in [-0.3, -0.25) is 0 Å². The molecule has 0 aliphatic heterocycles. The van der Waals surface area contributed by atoms with Crippen molar-refractivity contribution in [1.29, 1.82) is 0 Å². The van der Waals surface area contributed by atoms with E-state index in [0.717, 1.165) is 24.3 Å². The second-order valence-electron chi connectivity index (χ2n) is 5.18. The summed E-state index contributed by atoms with van der Waals surface area (Å²) < 4.78 is 75.4. The highest BCUT2D eigenvalue weighted by Crippen LogP contribution is 2.36. The van der Waals surface area contributed by atoms with Crippen LogP contribution in [-0.4, -0.2) is 4.98 Å². The van der Waals surface area contributed by atoms with Crippen LogP contribution >= 0.6 is 11.3 Å². The van der Waals surface area contributed by atoms with Gasteiger partial charge in [0.25, 0.3) is 0 Å². The summed E-state index contributed by atoms with van der Waals surface area (Å²) in [5.74, 6) is 0. The molecule has 0 spiro atoms. The van der Waals surface area contributed by atoms with Crippen LogP contribution in [0.4, 0.5) is 26.3 Å². The van der Waals surface area contributed by atoms with Gasteiger partial charge in [-0.25, -0.2) is 4.98 Å². The fraction of sp³-hybridized carbons (Fsp3) is 0.118. The first-order valence-electron chi connectivity index (χ1n) is 6.96. The van der Waals surface area contributed by atoms with Crippen molar-refractivity contribution in [2.24, 2.45) is 0 Å². The molecule has 1 heterocycles. The molecule has 0 fully saturated rings. The van der Waals surface area contributed by atoms with E-state index in [4.69, 9.17) is 0 Å². The number of nitrogens with zero attached hydrogens (tertiary/aromatic N) is 1. The first kappa shape index (κ1) is 17.5. The lowest BCUT2D eigenvalue weighted by molar-refractivity contribution is -0.138. The Morgan fingerprint density at radius 1 is 0.640 bits per heavy atom. The molecule has 1 nitrogen and oxygen atoms in total. The number of halogens is 6. The number of thiazole rings is 1. The third-order valence-corrected chi connectivity index (χ3v) is 4.56. The summed E-state index contributed by atoms with van der Waals surface area (Å²) in [5.41, 5.74) is -0.431. The van der Waals surface area contributed by atoms with Crippen molar-refractivity contribution in [3.05, 3.63) is 65.9 Å². The van der Waals surface area contributed by atoms with Gasteiger partial charge in [-0.2, -0.15) is 26.3 Å². The predicted molar refractivity (Wildman–Crippen MR) is 83.0 cm³/mol. The molecule has 3 aromatic rings. The van der Waals surface area contributed by atoms with Crippen molar-refractivity contribution in [3.8, 4) is 21.0 Å². The summed E-state index contributed by atoms with van der Waals surface area (Å²) in [5, 5.41) is 0.489. The van der Waals surface area contributed by atoms with Gasteiger partial charge in [0.1, 0.15) is 5.01 Å². The van der Waals surface area contributed by atoms with Crippen LogP contribution in [0, 0.1) is 0 Å². The van der Waals surface area contributed by atoms with Crippen LogP contribution in [0.15, 0.2) is 54.7 Å². The Kier molecular flexibility index (Phi) is 4.32. The summed E-state index contributed by atoms with van der Waals surface area (Å²) in [7, 11) is 0. The molecule has 0 amide bonds. The number of rotatable bonds is 2. The molecule has 8 heteroatoms. The van der Waals surface area contributed by atoms with Gasteiger partial charge in [0.2, 0.25) is 0 Å². The number of hydrogen-bond donors (Lipinski definition) is 0. The lowest BCUT2D eigenvalue weighted by Gasteiger charge is -2.06. The maximum Gasteiger partial charge on any atom is 0.416 e. The Labute approximate surface area is 142 Å². The van der Waals surface area contributed by atoms with E-state index in [9.17, 15) is 26.3 Å². The van der Waals surface area contributed by atoms with Crippen molar-refractivity contribution in [3.63, 3.8) is 0 Å². The monoisotopic (exact) mass is 373 g/mol. The Balaban J connectivity index is 1.85. The Morgan fingerprint density at radius 2 is 1.08 bits per heavy atom. The minimum absolute atomic E-state index is 0.489. The zero-order valence-electron chi connectivity index (χ0n) is 12.3. The fourth-order valence-electron chi connectivity index (χ4n) is 2.17. The van der Waals surface area contributed by atoms with Gasteiger partial charge in [0.15, 0.2) is 0 Å². The van der Waals surface area contributed by atoms with Crippen molar-refractivity contribution in [2.45, 2.75) is 12.4 Å². The van der Waals surface area contributed by atoms with Crippen LogP contribution in [0.3, 0.4) is 0 Å². The van der Waals surface area contributed by atoms with Gasteiger partial charge in [0, 0.05) is 11.8 Å². The fourth-order valence-corrected chi connectivity index (χ4v) is 3.09. The SMILES string of the molecule is FC(F)(F)c1ccc(-c2cnc(-c3ccc(C(F)(F)F)cc3)s2)cc1. The van der Waals surface area contributed by atoms with Crippen molar-refractivity contribution in [1.82, 2.24) is 4.98 Å². The lowest BCUT2D eigenvalue weighted by atomic mass is 10.1. The van der Waals surface area contributed by atoms with E-state index in [1.54, 1.807) is 0 Å². The maximum atomic E-state index is 12.6. The largest absolute Gasteiger partial charge is 0.416 e. The third kappa shape index (κ3) is 3.84. The quantitative estimate of drug-likeness (QED) is 0.466. The smallest absolute Gasteiger partial charge is 0.244 e. The highest BCUT2D eigenvalue weighted by Gasteiger charge is 2.31. The molecule has 0 aliphatic rings. The molecule has 3 rings (SSSR count). The molecular weight excluding hydrogens is 364 g/mol. The molecule has 0 saturated heterocycles. The van der Waals surface area contributed by atoms with Crippen molar-refractivity contribution in [2.75, 3.05) is 0 Å².